The summed E-state index contributed by atoms with van der Waals surface area (Å²) in [5.41, 5.74) is -0.0160. The van der Waals surface area contributed by atoms with E-state index in [0.717, 1.165) is 6.92 Å². The molecule has 1 N–H and O–H groups in total. The molecule has 0 spiro atoms. The maximum absolute atomic E-state index is 11.1. The number of phenolic OH excluding ortho intramolecular Hbond substituents is 1. The average molecular weight is 389 g/mol. The Hall–Kier alpha value is -0.918. The molecule has 0 atom stereocenters. The Bertz CT molecular complexity index is 348. The van der Waals surface area contributed by atoms with E-state index in [4.69, 9.17) is 0 Å². The number of carbonyl (C=O) groups excluding carboxylic acids is 2. The van der Waals surface area contributed by atoms with E-state index in [1.165, 1.54) is 12.1 Å². The van der Waals surface area contributed by atoms with Crippen LogP contribution < -0.4 is 0 Å². The molecule has 4 nitrogen and oxygen atoms in total. The zero-order valence-corrected chi connectivity index (χ0v) is 13.2. The third-order valence-corrected chi connectivity index (χ3v) is 1.36. The number of phenols is 1. The number of carbonyl (C=O) groups is 2. The van der Waals surface area contributed by atoms with Crippen LogP contribution in [-0.4, -0.2) is 44.3 Å². The number of hydrogen-bond acceptors (Lipinski definition) is 4. The third-order valence-electron chi connectivity index (χ3n) is 1.36. The van der Waals surface area contributed by atoms with Crippen LogP contribution in [0.3, 0.4) is 0 Å². The van der Waals surface area contributed by atoms with Crippen LogP contribution >= 0.6 is 0 Å². The van der Waals surface area contributed by atoms with Crippen molar-refractivity contribution in [1.82, 2.24) is 0 Å². The van der Waals surface area contributed by atoms with Gasteiger partial charge in [-0.15, -0.1) is 0 Å². The number of para-hydroxylation sites is 1. The van der Waals surface area contributed by atoms with Crippen LogP contribution in [0.2, 0.25) is 0 Å². The van der Waals surface area contributed by atoms with E-state index in [9.17, 15) is 14.7 Å². The standard InChI is InChI=1S/C9H8O4.Pb.2H/c1-6(10)13-9(12)7-4-2-3-5-8(7)11;;;/h2-5,11H,1H3;;;. The molecule has 1 aromatic rings. The number of esters is 2. The second-order valence-electron chi connectivity index (χ2n) is 2.40. The Morgan fingerprint density at radius 2 is 1.86 bits per heavy atom. The van der Waals surface area contributed by atoms with Crippen LogP contribution in [0.4, 0.5) is 0 Å². The van der Waals surface area contributed by atoms with Crippen molar-refractivity contribution in [2.75, 3.05) is 0 Å². The molecule has 0 bridgehead atoms. The summed E-state index contributed by atoms with van der Waals surface area (Å²) in [5.74, 6) is -1.74. The van der Waals surface area contributed by atoms with Crippen molar-refractivity contribution in [2.24, 2.45) is 0 Å². The van der Waals surface area contributed by atoms with Gasteiger partial charge >= 0.3 is 39.2 Å². The van der Waals surface area contributed by atoms with Crippen LogP contribution in [0.15, 0.2) is 24.3 Å². The molecule has 2 radical (unpaired) electrons. The minimum atomic E-state index is -0.842. The van der Waals surface area contributed by atoms with Crippen LogP contribution in [0.1, 0.15) is 17.3 Å². The first-order valence-corrected chi connectivity index (χ1v) is 3.62. The van der Waals surface area contributed by atoms with Crippen molar-refractivity contribution >= 4 is 39.2 Å². The second-order valence-corrected chi connectivity index (χ2v) is 2.40. The summed E-state index contributed by atoms with van der Waals surface area (Å²) in [6, 6.07) is 5.85. The summed E-state index contributed by atoms with van der Waals surface area (Å²) >= 11 is 0. The Balaban J connectivity index is 0.00000169. The monoisotopic (exact) mass is 390 g/mol. The van der Waals surface area contributed by atoms with Crippen LogP contribution in [-0.2, 0) is 9.53 Å². The predicted molar refractivity (Wildman–Crippen MR) is 52.7 cm³/mol. The van der Waals surface area contributed by atoms with Gasteiger partial charge < -0.3 is 9.84 Å². The van der Waals surface area contributed by atoms with E-state index >= 15 is 0 Å². The van der Waals surface area contributed by atoms with Gasteiger partial charge in [-0.3, -0.25) is 4.79 Å². The Labute approximate surface area is 101 Å². The van der Waals surface area contributed by atoms with Gasteiger partial charge in [0.1, 0.15) is 11.3 Å². The molecule has 14 heavy (non-hydrogen) atoms. The minimum absolute atomic E-state index is 0. The first-order valence-electron chi connectivity index (χ1n) is 3.62. The summed E-state index contributed by atoms with van der Waals surface area (Å²) in [5, 5.41) is 9.18. The maximum atomic E-state index is 11.1. The summed E-state index contributed by atoms with van der Waals surface area (Å²) in [6.07, 6.45) is 0. The quantitative estimate of drug-likeness (QED) is 0.423. The number of hydrogen-bond donors (Lipinski definition) is 1. The van der Waals surface area contributed by atoms with Gasteiger partial charge in [0.15, 0.2) is 0 Å². The predicted octanol–water partition coefficient (Wildman–Crippen LogP) is 0.179. The molecule has 0 unspecified atom stereocenters. The molecule has 1 aromatic carbocycles. The normalized spacial score (nSPS) is 8.64. The molecule has 74 valence electrons. The Morgan fingerprint density at radius 3 is 2.36 bits per heavy atom. The van der Waals surface area contributed by atoms with Crippen LogP contribution in [0.5, 0.6) is 5.75 Å². The number of ether oxygens (including phenoxy) is 1. The van der Waals surface area contributed by atoms with E-state index < -0.39 is 11.9 Å². The van der Waals surface area contributed by atoms with Crippen LogP contribution in [0.25, 0.3) is 0 Å². The van der Waals surface area contributed by atoms with E-state index in [0.29, 0.717) is 0 Å². The van der Waals surface area contributed by atoms with Crippen LogP contribution in [0, 0.1) is 0 Å². The van der Waals surface area contributed by atoms with Gasteiger partial charge in [0.2, 0.25) is 0 Å². The molecular weight excluding hydrogens is 379 g/mol. The van der Waals surface area contributed by atoms with Crippen molar-refractivity contribution in [1.29, 1.82) is 0 Å². The first kappa shape index (κ1) is 13.1. The fourth-order valence-corrected chi connectivity index (χ4v) is 0.832. The Kier molecular flexibility index (Phi) is 5.36. The zero-order chi connectivity index (χ0) is 9.84. The van der Waals surface area contributed by atoms with E-state index in [2.05, 4.69) is 4.74 Å². The molecule has 0 saturated heterocycles. The molecule has 0 fully saturated rings. The SMILES string of the molecule is CC(=O)OC(=O)c1ccccc1O.[PbH2]. The molecule has 0 amide bonds. The fourth-order valence-electron chi connectivity index (χ4n) is 0.832. The molecule has 1 rings (SSSR count). The average Bonchev–Trinajstić information content (AvgIpc) is 2.03. The van der Waals surface area contributed by atoms with Crippen molar-refractivity contribution < 1.29 is 19.4 Å². The topological polar surface area (TPSA) is 63.6 Å². The number of aromatic hydroxyl groups is 1. The van der Waals surface area contributed by atoms with Crippen molar-refractivity contribution in [3.05, 3.63) is 29.8 Å². The van der Waals surface area contributed by atoms with Gasteiger partial charge in [0.05, 0.1) is 0 Å². The zero-order valence-electron chi connectivity index (χ0n) is 7.69. The van der Waals surface area contributed by atoms with Gasteiger partial charge in [0.25, 0.3) is 0 Å². The first-order chi connectivity index (χ1) is 6.11. The molecular formula is C9H10O4Pb. The Morgan fingerprint density at radius 1 is 1.29 bits per heavy atom. The molecule has 0 aliphatic heterocycles. The molecule has 0 aliphatic rings. The van der Waals surface area contributed by atoms with E-state index in [1.54, 1.807) is 12.1 Å². The van der Waals surface area contributed by atoms with Gasteiger partial charge in [0, 0.05) is 6.92 Å². The number of benzene rings is 1. The summed E-state index contributed by atoms with van der Waals surface area (Å²) in [4.78, 5) is 21.5. The molecule has 0 saturated carbocycles. The fraction of sp³-hybridized carbons (Fsp3) is 0.111. The molecule has 0 heterocycles. The van der Waals surface area contributed by atoms with Crippen molar-refractivity contribution in [3.63, 3.8) is 0 Å². The van der Waals surface area contributed by atoms with Gasteiger partial charge in [-0.05, 0) is 12.1 Å². The van der Waals surface area contributed by atoms with Gasteiger partial charge in [-0.2, -0.15) is 0 Å². The van der Waals surface area contributed by atoms with E-state index in [1.807, 2.05) is 0 Å². The van der Waals surface area contributed by atoms with Crippen molar-refractivity contribution in [3.8, 4) is 5.75 Å². The molecule has 0 aliphatic carbocycles. The summed E-state index contributed by atoms with van der Waals surface area (Å²) < 4.78 is 4.28. The van der Waals surface area contributed by atoms with Crippen molar-refractivity contribution in [2.45, 2.75) is 6.92 Å². The second kappa shape index (κ2) is 5.74. The summed E-state index contributed by atoms with van der Waals surface area (Å²) in [6.45, 7) is 1.12. The van der Waals surface area contributed by atoms with E-state index in [-0.39, 0.29) is 38.6 Å². The van der Waals surface area contributed by atoms with Gasteiger partial charge in [-0.25, -0.2) is 4.79 Å². The summed E-state index contributed by atoms with van der Waals surface area (Å²) in [7, 11) is 0. The molecule has 0 aromatic heterocycles. The van der Waals surface area contributed by atoms with Gasteiger partial charge in [-0.1, -0.05) is 12.1 Å². The number of rotatable bonds is 1. The molecule has 5 heteroatoms. The third kappa shape index (κ3) is 3.45.